The lowest BCUT2D eigenvalue weighted by Crippen LogP contribution is -2.09. The smallest absolute Gasteiger partial charge is 0.416 e. The highest BCUT2D eigenvalue weighted by Gasteiger charge is 2.33. The number of carboxylic acid groups (broad SMARTS) is 1. The van der Waals surface area contributed by atoms with Crippen molar-refractivity contribution >= 4 is 23.1 Å². The maximum Gasteiger partial charge on any atom is 0.416 e. The topological polar surface area (TPSA) is 114 Å². The first kappa shape index (κ1) is 20.7. The van der Waals surface area contributed by atoms with Crippen LogP contribution in [0.5, 0.6) is 5.75 Å². The van der Waals surface area contributed by atoms with E-state index in [2.05, 4.69) is 10.5 Å². The third-order valence-electron chi connectivity index (χ3n) is 3.50. The fraction of sp³-hybridized carbons (Fsp3) is 0.176. The van der Waals surface area contributed by atoms with Gasteiger partial charge in [0.1, 0.15) is 11.4 Å². The molecule has 8 nitrogen and oxygen atoms in total. The zero-order valence-electron chi connectivity index (χ0n) is 14.4. The zero-order valence-corrected chi connectivity index (χ0v) is 14.4. The Kier molecular flexibility index (Phi) is 6.18. The quantitative estimate of drug-likeness (QED) is 0.416. The van der Waals surface area contributed by atoms with Crippen LogP contribution in [0.1, 0.15) is 18.1 Å². The van der Waals surface area contributed by atoms with Gasteiger partial charge in [0.15, 0.2) is 6.61 Å². The Bertz CT molecular complexity index is 911. The second-order valence-corrected chi connectivity index (χ2v) is 5.50. The van der Waals surface area contributed by atoms with Crippen LogP contribution >= 0.6 is 0 Å². The van der Waals surface area contributed by atoms with Gasteiger partial charge in [-0.1, -0.05) is 0 Å². The van der Waals surface area contributed by atoms with E-state index in [9.17, 15) is 28.1 Å². The number of hydrazone groups is 1. The maximum atomic E-state index is 12.7. The molecule has 0 fully saturated rings. The summed E-state index contributed by atoms with van der Waals surface area (Å²) in [5.41, 5.74) is 1.28. The minimum absolute atomic E-state index is 0.196. The number of anilines is 1. The average molecular weight is 397 g/mol. The van der Waals surface area contributed by atoms with E-state index in [1.54, 1.807) is 19.1 Å². The average Bonchev–Trinajstić information content (AvgIpc) is 2.63. The zero-order chi connectivity index (χ0) is 20.9. The van der Waals surface area contributed by atoms with Crippen molar-refractivity contribution in [2.45, 2.75) is 13.1 Å². The van der Waals surface area contributed by atoms with Crippen molar-refractivity contribution < 1.29 is 32.7 Å². The monoisotopic (exact) mass is 397 g/mol. The van der Waals surface area contributed by atoms with Gasteiger partial charge in [-0.15, -0.1) is 0 Å². The van der Waals surface area contributed by atoms with Crippen LogP contribution in [0.4, 0.5) is 24.5 Å². The summed E-state index contributed by atoms with van der Waals surface area (Å²) in [6.07, 6.45) is -4.70. The minimum atomic E-state index is -4.70. The summed E-state index contributed by atoms with van der Waals surface area (Å²) in [6.45, 7) is 1.08. The highest BCUT2D eigenvalue weighted by molar-refractivity contribution is 5.99. The number of nitro groups is 1. The van der Waals surface area contributed by atoms with Gasteiger partial charge in [0, 0.05) is 6.07 Å². The van der Waals surface area contributed by atoms with Gasteiger partial charge in [0.05, 0.1) is 16.2 Å². The molecule has 0 saturated carbocycles. The van der Waals surface area contributed by atoms with Crippen LogP contribution in [0.25, 0.3) is 0 Å². The molecule has 2 aromatic rings. The molecule has 0 amide bonds. The summed E-state index contributed by atoms with van der Waals surface area (Å²) in [4.78, 5) is 20.6. The van der Waals surface area contributed by atoms with Crippen LogP contribution in [0.2, 0.25) is 0 Å². The largest absolute Gasteiger partial charge is 0.482 e. The van der Waals surface area contributed by atoms with Gasteiger partial charge in [-0.3, -0.25) is 15.5 Å². The van der Waals surface area contributed by atoms with Gasteiger partial charge in [-0.2, -0.15) is 18.3 Å². The van der Waals surface area contributed by atoms with Gasteiger partial charge in [-0.05, 0) is 48.9 Å². The lowest BCUT2D eigenvalue weighted by Gasteiger charge is -2.09. The van der Waals surface area contributed by atoms with E-state index >= 15 is 0 Å². The third kappa shape index (κ3) is 5.43. The number of alkyl halides is 3. The highest BCUT2D eigenvalue weighted by atomic mass is 19.4. The normalized spacial score (nSPS) is 11.8. The summed E-state index contributed by atoms with van der Waals surface area (Å²) < 4.78 is 43.1. The first-order chi connectivity index (χ1) is 13.1. The summed E-state index contributed by atoms with van der Waals surface area (Å²) in [5, 5.41) is 23.6. The molecule has 2 rings (SSSR count). The fourth-order valence-corrected chi connectivity index (χ4v) is 2.10. The molecule has 0 aliphatic carbocycles. The number of carboxylic acids is 1. The molecular weight excluding hydrogens is 383 g/mol. The summed E-state index contributed by atoms with van der Waals surface area (Å²) >= 11 is 0. The van der Waals surface area contributed by atoms with E-state index in [0.717, 1.165) is 12.1 Å². The fourth-order valence-electron chi connectivity index (χ4n) is 2.10. The van der Waals surface area contributed by atoms with Crippen LogP contribution in [0.15, 0.2) is 47.6 Å². The molecule has 0 spiro atoms. The molecule has 0 aliphatic rings. The molecule has 28 heavy (non-hydrogen) atoms. The molecule has 2 aromatic carbocycles. The van der Waals surface area contributed by atoms with Crippen LogP contribution < -0.4 is 10.2 Å². The molecule has 0 unspecified atom stereocenters. The first-order valence-electron chi connectivity index (χ1n) is 7.69. The lowest BCUT2D eigenvalue weighted by atomic mass is 10.1. The Morgan fingerprint density at radius 1 is 1.25 bits per heavy atom. The number of nitrogens with zero attached hydrogens (tertiary/aromatic N) is 2. The van der Waals surface area contributed by atoms with Crippen molar-refractivity contribution in [1.29, 1.82) is 0 Å². The predicted molar refractivity (Wildman–Crippen MR) is 93.5 cm³/mol. The Morgan fingerprint density at radius 2 is 1.89 bits per heavy atom. The van der Waals surface area contributed by atoms with Crippen LogP contribution in [0, 0.1) is 10.1 Å². The molecule has 0 radical (unpaired) electrons. The van der Waals surface area contributed by atoms with Crippen molar-refractivity contribution in [3.63, 3.8) is 0 Å². The Hall–Kier alpha value is -3.63. The maximum absolute atomic E-state index is 12.7. The van der Waals surface area contributed by atoms with Crippen molar-refractivity contribution in [3.8, 4) is 5.75 Å². The number of halogens is 3. The second kappa shape index (κ2) is 8.37. The van der Waals surface area contributed by atoms with Gasteiger partial charge in [-0.25, -0.2) is 4.79 Å². The van der Waals surface area contributed by atoms with Gasteiger partial charge < -0.3 is 9.84 Å². The Labute approximate surface area is 156 Å². The number of rotatable bonds is 7. The van der Waals surface area contributed by atoms with Crippen molar-refractivity contribution in [1.82, 2.24) is 0 Å². The Morgan fingerprint density at radius 3 is 2.43 bits per heavy atom. The van der Waals surface area contributed by atoms with Gasteiger partial charge in [0.2, 0.25) is 0 Å². The highest BCUT2D eigenvalue weighted by Crippen LogP contribution is 2.35. The minimum Gasteiger partial charge on any atom is -0.482 e. The molecule has 0 heterocycles. The second-order valence-electron chi connectivity index (χ2n) is 5.50. The standard InChI is InChI=1S/C17H14F3N3O5/c1-10(11-2-5-13(6-3-11)28-9-16(24)25)21-22-14-7-4-12(17(18,19)20)8-15(14)23(26)27/h2-8,22H,9H2,1H3,(H,24,25)/b21-10-. The SMILES string of the molecule is C/C(=N/Nc1ccc(C(F)(F)F)cc1[N+](=O)[O-])c1ccc(OCC(=O)O)cc1. The summed E-state index contributed by atoms with van der Waals surface area (Å²) in [6, 6.07) is 8.27. The lowest BCUT2D eigenvalue weighted by molar-refractivity contribution is -0.384. The number of nitrogens with one attached hydrogen (secondary N) is 1. The van der Waals surface area contributed by atoms with E-state index in [1.165, 1.54) is 12.1 Å². The third-order valence-corrected chi connectivity index (χ3v) is 3.50. The molecule has 0 aliphatic heterocycles. The van der Waals surface area contributed by atoms with E-state index in [0.29, 0.717) is 23.1 Å². The van der Waals surface area contributed by atoms with E-state index in [-0.39, 0.29) is 5.69 Å². The number of hydrogen-bond donors (Lipinski definition) is 2. The number of ether oxygens (including phenoxy) is 1. The first-order valence-corrected chi connectivity index (χ1v) is 7.69. The molecular formula is C17H14F3N3O5. The molecule has 2 N–H and O–H groups in total. The van der Waals surface area contributed by atoms with E-state index < -0.39 is 34.9 Å². The number of aliphatic carboxylic acids is 1. The van der Waals surface area contributed by atoms with Crippen molar-refractivity contribution in [3.05, 3.63) is 63.7 Å². The van der Waals surface area contributed by atoms with Crippen molar-refractivity contribution in [2.24, 2.45) is 5.10 Å². The van der Waals surface area contributed by atoms with Gasteiger partial charge in [0.25, 0.3) is 5.69 Å². The summed E-state index contributed by atoms with van der Waals surface area (Å²) in [7, 11) is 0. The molecule has 0 atom stereocenters. The number of hydrogen-bond acceptors (Lipinski definition) is 6. The van der Waals surface area contributed by atoms with Crippen LogP contribution in [-0.2, 0) is 11.0 Å². The number of carbonyl (C=O) groups is 1. The molecule has 0 saturated heterocycles. The predicted octanol–water partition coefficient (Wildman–Crippen LogP) is 3.91. The molecule has 11 heteroatoms. The number of benzene rings is 2. The van der Waals surface area contributed by atoms with E-state index in [1.807, 2.05) is 0 Å². The molecule has 0 aromatic heterocycles. The molecule has 0 bridgehead atoms. The van der Waals surface area contributed by atoms with Crippen LogP contribution in [-0.4, -0.2) is 28.3 Å². The summed E-state index contributed by atoms with van der Waals surface area (Å²) in [5.74, 6) is -0.797. The Balaban J connectivity index is 2.18. The van der Waals surface area contributed by atoms with Crippen LogP contribution in [0.3, 0.4) is 0 Å². The van der Waals surface area contributed by atoms with Crippen molar-refractivity contribution in [2.75, 3.05) is 12.0 Å². The van der Waals surface area contributed by atoms with E-state index in [4.69, 9.17) is 9.84 Å². The van der Waals surface area contributed by atoms with Gasteiger partial charge >= 0.3 is 12.1 Å². The molecule has 148 valence electrons. The number of nitro benzene ring substituents is 1.